The third-order valence-electron chi connectivity index (χ3n) is 10.6. The fraction of sp³-hybridized carbons (Fsp3) is 0.750. The van der Waals surface area contributed by atoms with Gasteiger partial charge in [-0.15, -0.1) is 0 Å². The predicted molar refractivity (Wildman–Crippen MR) is 294 cm³/mol. The number of hydrogen-bond acceptors (Lipinski definition) is 20. The molecule has 32 nitrogen and oxygen atoms in total. The Kier molecular flexibility index (Phi) is 32.8. The Morgan fingerprint density at radius 3 is 0.762 bits per heavy atom. The van der Waals surface area contributed by atoms with Crippen molar-refractivity contribution >= 4 is 0 Å². The standard InChI is InChI=1S/C14H25N3O3.C11H19N3O6.2C10H17N3O5.C3H8O/c1-6-7-15-12(18)16(8-10(2)3)14(20)17(13(15)19)9-11(4)5;1-11(2,20)7-14-9(18)12(3-5-15)8(17)13(4-6-16)10(14)19;1-2-11-8(16)12(4-3-6-14)10(18)13(5-7-15)9(11)17;1-2-3-11-8(16)12(4-6-14)10(18)13(5-7-15)9(11)17;1-3(2)4/h10-11H,6-9H2,1-5H3;15-16,20H,3-7H2,1-2H3;2*14-15H,2-7H2,1H3;3-4H,1-2H3. The molecule has 0 saturated heterocycles. The summed E-state index contributed by atoms with van der Waals surface area (Å²) < 4.78 is 10.8. The third-order valence-corrected chi connectivity index (χ3v) is 10.6. The molecule has 4 rings (SSSR count). The van der Waals surface area contributed by atoms with Crippen molar-refractivity contribution in [2.45, 2.75) is 186 Å². The summed E-state index contributed by atoms with van der Waals surface area (Å²) in [6.07, 6.45) is 1.32. The van der Waals surface area contributed by atoms with Crippen LogP contribution in [0.15, 0.2) is 57.5 Å². The quantitative estimate of drug-likeness (QED) is 0.0323. The lowest BCUT2D eigenvalue weighted by Gasteiger charge is -2.19. The molecule has 4 heterocycles. The van der Waals surface area contributed by atoms with Crippen molar-refractivity contribution in [2.75, 3.05) is 39.6 Å². The molecule has 0 saturated carbocycles. The SMILES string of the molecule is CC(C)(O)Cn1c(=O)n(CCO)c(=O)n(CCO)c1=O.CC(C)O.CCCn1c(=O)n(CC(C)C)c(=O)n(CC(C)C)c1=O.CCCn1c(=O)n(CCO)c(=O)n(CCO)c1=O.CCn1c(=O)n(CCO)c(=O)n(CCCO)c1=O. The summed E-state index contributed by atoms with van der Waals surface area (Å²) in [6, 6.07) is 0. The van der Waals surface area contributed by atoms with Crippen LogP contribution in [-0.4, -0.2) is 147 Å². The van der Waals surface area contributed by atoms with E-state index in [-0.39, 0.29) is 110 Å². The van der Waals surface area contributed by atoms with Crippen molar-refractivity contribution in [1.82, 2.24) is 54.8 Å². The van der Waals surface area contributed by atoms with Crippen molar-refractivity contribution in [3.05, 3.63) is 126 Å². The monoisotopic (exact) mass is 1150 g/mol. The first kappa shape index (κ1) is 73.3. The first-order valence-electron chi connectivity index (χ1n) is 26.2. The second kappa shape index (κ2) is 35.8. The average Bonchev–Trinajstić information content (AvgIpc) is 3.37. The fourth-order valence-electron chi connectivity index (χ4n) is 7.27. The third kappa shape index (κ3) is 21.1. The molecule has 0 aliphatic rings. The topological polar surface area (TPSA) is 426 Å². The van der Waals surface area contributed by atoms with Crippen molar-refractivity contribution in [2.24, 2.45) is 11.8 Å². The van der Waals surface area contributed by atoms with Gasteiger partial charge in [0.05, 0.1) is 77.9 Å². The Hall–Kier alpha value is -6.68. The Morgan fingerprint density at radius 2 is 0.550 bits per heavy atom. The van der Waals surface area contributed by atoms with Gasteiger partial charge in [-0.3, -0.25) is 0 Å². The maximum Gasteiger partial charge on any atom is 0.336 e. The van der Waals surface area contributed by atoms with Crippen LogP contribution in [-0.2, 0) is 78.5 Å². The number of aliphatic hydroxyl groups is 8. The Bertz CT molecular complexity index is 3100. The van der Waals surface area contributed by atoms with Crippen LogP contribution in [0.2, 0.25) is 0 Å². The molecule has 0 bridgehead atoms. The highest BCUT2D eigenvalue weighted by Crippen LogP contribution is 2.01. The van der Waals surface area contributed by atoms with E-state index in [4.69, 9.17) is 35.7 Å². The molecule has 4 aromatic heterocycles. The zero-order chi connectivity index (χ0) is 61.9. The normalized spacial score (nSPS) is 11.2. The summed E-state index contributed by atoms with van der Waals surface area (Å²) in [6.45, 7) is 17.2. The summed E-state index contributed by atoms with van der Waals surface area (Å²) in [5.41, 5.74) is -9.91. The van der Waals surface area contributed by atoms with Gasteiger partial charge in [0.15, 0.2) is 0 Å². The maximum atomic E-state index is 12.4. The van der Waals surface area contributed by atoms with Crippen LogP contribution >= 0.6 is 0 Å². The summed E-state index contributed by atoms with van der Waals surface area (Å²) in [7, 11) is 0. The van der Waals surface area contributed by atoms with E-state index in [9.17, 15) is 62.6 Å². The van der Waals surface area contributed by atoms with Crippen LogP contribution < -0.4 is 68.3 Å². The van der Waals surface area contributed by atoms with Gasteiger partial charge in [-0.05, 0) is 65.7 Å². The Labute approximate surface area is 457 Å². The first-order valence-corrected chi connectivity index (χ1v) is 26.2. The van der Waals surface area contributed by atoms with E-state index >= 15 is 0 Å². The van der Waals surface area contributed by atoms with Crippen LogP contribution in [0.3, 0.4) is 0 Å². The number of rotatable bonds is 24. The van der Waals surface area contributed by atoms with Gasteiger partial charge in [0.1, 0.15) is 0 Å². The molecule has 0 aromatic carbocycles. The van der Waals surface area contributed by atoms with E-state index in [1.807, 2.05) is 34.6 Å². The molecule has 458 valence electrons. The Morgan fingerprint density at radius 1 is 0.338 bits per heavy atom. The zero-order valence-corrected chi connectivity index (χ0v) is 47.9. The van der Waals surface area contributed by atoms with Crippen molar-refractivity contribution in [1.29, 1.82) is 0 Å². The molecule has 4 aromatic rings. The van der Waals surface area contributed by atoms with Crippen LogP contribution in [0.5, 0.6) is 0 Å². The number of aliphatic hydroxyl groups excluding tert-OH is 7. The van der Waals surface area contributed by atoms with Gasteiger partial charge in [-0.25, -0.2) is 112 Å². The van der Waals surface area contributed by atoms with Gasteiger partial charge in [0.2, 0.25) is 0 Å². The van der Waals surface area contributed by atoms with Crippen LogP contribution in [0.25, 0.3) is 0 Å². The molecule has 8 N–H and O–H groups in total. The number of aromatic nitrogens is 12. The molecule has 0 atom stereocenters. The molecule has 0 radical (unpaired) electrons. The molecular formula is C48H86N12O20. The van der Waals surface area contributed by atoms with Gasteiger partial charge in [-0.2, -0.15) is 0 Å². The van der Waals surface area contributed by atoms with Gasteiger partial charge in [0.25, 0.3) is 0 Å². The minimum atomic E-state index is -1.33. The molecular weight excluding hydrogens is 1060 g/mol. The second-order valence-corrected chi connectivity index (χ2v) is 19.5. The lowest BCUT2D eigenvalue weighted by molar-refractivity contribution is 0.0568. The summed E-state index contributed by atoms with van der Waals surface area (Å²) >= 11 is 0. The average molecular weight is 1150 g/mol. The van der Waals surface area contributed by atoms with E-state index < -0.39 is 87.1 Å². The second-order valence-electron chi connectivity index (χ2n) is 19.5. The summed E-state index contributed by atoms with van der Waals surface area (Å²) in [4.78, 5) is 144. The minimum absolute atomic E-state index is 0.0415. The minimum Gasteiger partial charge on any atom is -0.396 e. The highest BCUT2D eigenvalue weighted by Gasteiger charge is 2.22. The first-order chi connectivity index (χ1) is 37.4. The highest BCUT2D eigenvalue weighted by molar-refractivity contribution is 4.84. The molecule has 0 spiro atoms. The fourth-order valence-corrected chi connectivity index (χ4v) is 7.27. The number of nitrogens with zero attached hydrogens (tertiary/aromatic N) is 12. The molecule has 0 aliphatic heterocycles. The molecule has 32 heteroatoms. The summed E-state index contributed by atoms with van der Waals surface area (Å²) in [5.74, 6) is 0.334. The van der Waals surface area contributed by atoms with E-state index in [0.717, 1.165) is 27.4 Å². The smallest absolute Gasteiger partial charge is 0.336 e. The zero-order valence-electron chi connectivity index (χ0n) is 47.9. The van der Waals surface area contributed by atoms with Crippen LogP contribution in [0.4, 0.5) is 0 Å². The van der Waals surface area contributed by atoms with E-state index in [0.29, 0.717) is 46.2 Å². The van der Waals surface area contributed by atoms with Crippen molar-refractivity contribution in [3.8, 4) is 0 Å². The van der Waals surface area contributed by atoms with Crippen molar-refractivity contribution < 1.29 is 40.9 Å². The molecule has 0 aliphatic carbocycles. The lowest BCUT2D eigenvalue weighted by atomic mass is 10.1. The largest absolute Gasteiger partial charge is 0.396 e. The summed E-state index contributed by atoms with van der Waals surface area (Å²) in [5, 5.41) is 70.8. The predicted octanol–water partition coefficient (Wildman–Crippen LogP) is -6.66. The van der Waals surface area contributed by atoms with Crippen LogP contribution in [0, 0.1) is 11.8 Å². The van der Waals surface area contributed by atoms with Gasteiger partial charge >= 0.3 is 68.3 Å². The molecule has 80 heavy (non-hydrogen) atoms. The highest BCUT2D eigenvalue weighted by atomic mass is 16.3. The van der Waals surface area contributed by atoms with Gasteiger partial charge < -0.3 is 40.9 Å². The van der Waals surface area contributed by atoms with E-state index in [2.05, 4.69) is 0 Å². The molecule has 0 unspecified atom stereocenters. The van der Waals surface area contributed by atoms with Crippen LogP contribution in [0.1, 0.15) is 95.4 Å². The van der Waals surface area contributed by atoms with Crippen molar-refractivity contribution in [3.63, 3.8) is 0 Å². The molecule has 0 fully saturated rings. The lowest BCUT2D eigenvalue weighted by Crippen LogP contribution is -2.56. The molecule has 0 amide bonds. The van der Waals surface area contributed by atoms with Gasteiger partial charge in [-0.1, -0.05) is 41.5 Å². The van der Waals surface area contributed by atoms with E-state index in [1.165, 1.54) is 27.5 Å². The van der Waals surface area contributed by atoms with Gasteiger partial charge in [0, 0.05) is 52.0 Å². The van der Waals surface area contributed by atoms with E-state index in [1.54, 1.807) is 27.7 Å². The maximum absolute atomic E-state index is 12.4. The Balaban J connectivity index is 0.00000102. The number of hydrogen-bond donors (Lipinski definition) is 8.